The smallest absolute Gasteiger partial charge is 0.272 e. The Labute approximate surface area is 140 Å². The molecule has 1 amide bonds. The summed E-state index contributed by atoms with van der Waals surface area (Å²) in [6, 6.07) is 7.51. The molecule has 0 aliphatic heterocycles. The number of benzene rings is 2. The van der Waals surface area contributed by atoms with Gasteiger partial charge < -0.3 is 5.11 Å². The van der Waals surface area contributed by atoms with Gasteiger partial charge in [-0.25, -0.2) is 5.43 Å². The lowest BCUT2D eigenvalue weighted by Crippen LogP contribution is -2.18. The van der Waals surface area contributed by atoms with Gasteiger partial charge in [0.15, 0.2) is 0 Å². The number of carbonyl (C=O) groups excluding carboxylic acids is 1. The van der Waals surface area contributed by atoms with Crippen molar-refractivity contribution < 1.29 is 14.8 Å². The number of rotatable bonds is 4. The second kappa shape index (κ2) is 7.08. The first-order chi connectivity index (χ1) is 10.9. The first-order valence-corrected chi connectivity index (χ1v) is 6.88. The number of nitrogens with zero attached hydrogens (tertiary/aromatic N) is 2. The van der Waals surface area contributed by atoms with Gasteiger partial charge in [-0.3, -0.25) is 14.9 Å². The molecule has 0 aliphatic carbocycles. The van der Waals surface area contributed by atoms with Crippen molar-refractivity contribution in [1.29, 1.82) is 0 Å². The van der Waals surface area contributed by atoms with E-state index in [2.05, 4.69) is 10.5 Å². The van der Waals surface area contributed by atoms with Gasteiger partial charge in [0.25, 0.3) is 11.6 Å². The van der Waals surface area contributed by atoms with Gasteiger partial charge in [-0.2, -0.15) is 5.10 Å². The molecule has 0 unspecified atom stereocenters. The molecule has 0 fully saturated rings. The lowest BCUT2D eigenvalue weighted by Gasteiger charge is -2.08. The Morgan fingerprint density at radius 3 is 2.61 bits per heavy atom. The first-order valence-electron chi connectivity index (χ1n) is 6.12. The number of nitrogens with one attached hydrogen (secondary N) is 1. The van der Waals surface area contributed by atoms with E-state index in [4.69, 9.17) is 23.2 Å². The van der Waals surface area contributed by atoms with Gasteiger partial charge in [0.05, 0.1) is 21.7 Å². The van der Waals surface area contributed by atoms with E-state index >= 15 is 0 Å². The molecular weight excluding hydrogens is 345 g/mol. The Balaban J connectivity index is 2.14. The maximum Gasteiger partial charge on any atom is 0.272 e. The van der Waals surface area contributed by atoms with E-state index in [1.165, 1.54) is 18.2 Å². The van der Waals surface area contributed by atoms with Crippen LogP contribution in [0.15, 0.2) is 41.5 Å². The largest absolute Gasteiger partial charge is 0.872 e. The molecule has 0 spiro atoms. The molecular formula is C14H8Cl2N3O4-. The Kier molecular flexibility index (Phi) is 5.15. The molecule has 7 nitrogen and oxygen atoms in total. The van der Waals surface area contributed by atoms with Gasteiger partial charge in [-0.1, -0.05) is 35.0 Å². The molecule has 0 radical (unpaired) electrons. The van der Waals surface area contributed by atoms with Gasteiger partial charge in [-0.05, 0) is 23.8 Å². The van der Waals surface area contributed by atoms with Crippen LogP contribution in [0.3, 0.4) is 0 Å². The maximum absolute atomic E-state index is 11.9. The second-order valence-electron chi connectivity index (χ2n) is 4.30. The topological polar surface area (TPSA) is 108 Å². The molecule has 0 aliphatic rings. The third kappa shape index (κ3) is 4.18. The number of amides is 1. The molecule has 0 bridgehead atoms. The zero-order valence-electron chi connectivity index (χ0n) is 11.3. The molecule has 9 heteroatoms. The van der Waals surface area contributed by atoms with Crippen LogP contribution < -0.4 is 10.5 Å². The summed E-state index contributed by atoms with van der Waals surface area (Å²) in [6.07, 6.45) is 1.02. The van der Waals surface area contributed by atoms with Gasteiger partial charge in [0.1, 0.15) is 0 Å². The fourth-order valence-electron chi connectivity index (χ4n) is 1.64. The van der Waals surface area contributed by atoms with Crippen molar-refractivity contribution in [2.45, 2.75) is 0 Å². The van der Waals surface area contributed by atoms with Crippen molar-refractivity contribution in [3.8, 4) is 5.75 Å². The standard InChI is InChI=1S/C14H9Cl2N3O4/c15-9-1-3-11(12(16)6-9)14(21)18-17-7-8-5-10(19(22)23)2-4-13(8)20/h1-7,20H,(H,18,21)/p-1/b17-7-. The van der Waals surface area contributed by atoms with Crippen molar-refractivity contribution in [2.75, 3.05) is 0 Å². The van der Waals surface area contributed by atoms with Crippen molar-refractivity contribution in [3.63, 3.8) is 0 Å². The highest BCUT2D eigenvalue weighted by Gasteiger charge is 2.10. The minimum Gasteiger partial charge on any atom is -0.872 e. The Bertz CT molecular complexity index is 809. The second-order valence-corrected chi connectivity index (χ2v) is 5.15. The highest BCUT2D eigenvalue weighted by Crippen LogP contribution is 2.21. The molecule has 23 heavy (non-hydrogen) atoms. The van der Waals surface area contributed by atoms with Crippen LogP contribution in [0.1, 0.15) is 15.9 Å². The van der Waals surface area contributed by atoms with Crippen LogP contribution in [0.4, 0.5) is 5.69 Å². The molecule has 0 heterocycles. The number of nitro groups is 1. The van der Waals surface area contributed by atoms with Crippen LogP contribution in [0.2, 0.25) is 10.0 Å². The van der Waals surface area contributed by atoms with Crippen LogP contribution in [0.25, 0.3) is 0 Å². The lowest BCUT2D eigenvalue weighted by atomic mass is 10.2. The monoisotopic (exact) mass is 352 g/mol. The summed E-state index contributed by atoms with van der Waals surface area (Å²) in [6.45, 7) is 0. The van der Waals surface area contributed by atoms with Gasteiger partial charge >= 0.3 is 0 Å². The van der Waals surface area contributed by atoms with Crippen LogP contribution in [-0.4, -0.2) is 17.0 Å². The molecule has 0 saturated carbocycles. The van der Waals surface area contributed by atoms with Crippen LogP contribution in [0, 0.1) is 10.1 Å². The SMILES string of the molecule is O=C(N/N=C\c1cc([N+](=O)[O-])ccc1[O-])c1ccc(Cl)cc1Cl. The summed E-state index contributed by atoms with van der Waals surface area (Å²) in [5.41, 5.74) is 2.05. The van der Waals surface area contributed by atoms with E-state index in [0.717, 1.165) is 24.4 Å². The normalized spacial score (nSPS) is 10.7. The lowest BCUT2D eigenvalue weighted by molar-refractivity contribution is -0.385. The summed E-state index contributed by atoms with van der Waals surface area (Å²) in [7, 11) is 0. The number of hydrogen-bond donors (Lipinski definition) is 1. The average molecular weight is 353 g/mol. The summed E-state index contributed by atoms with van der Waals surface area (Å²) in [4.78, 5) is 21.9. The summed E-state index contributed by atoms with van der Waals surface area (Å²) < 4.78 is 0. The molecule has 0 aromatic heterocycles. The van der Waals surface area contributed by atoms with Crippen molar-refractivity contribution >= 4 is 41.0 Å². The average Bonchev–Trinajstić information content (AvgIpc) is 2.48. The summed E-state index contributed by atoms with van der Waals surface area (Å²) in [5.74, 6) is -1.07. The van der Waals surface area contributed by atoms with Crippen molar-refractivity contribution in [2.24, 2.45) is 5.10 Å². The minimum atomic E-state index is -0.636. The summed E-state index contributed by atoms with van der Waals surface area (Å²) in [5, 5.41) is 26.4. The highest BCUT2D eigenvalue weighted by atomic mass is 35.5. The van der Waals surface area contributed by atoms with Crippen molar-refractivity contribution in [3.05, 3.63) is 67.7 Å². The molecule has 118 valence electrons. The number of hydrogen-bond acceptors (Lipinski definition) is 5. The number of nitro benzene ring substituents is 1. The van der Waals surface area contributed by atoms with Crippen molar-refractivity contribution in [1.82, 2.24) is 5.43 Å². The number of halogens is 2. The highest BCUT2D eigenvalue weighted by molar-refractivity contribution is 6.36. The Morgan fingerprint density at radius 1 is 1.22 bits per heavy atom. The zero-order valence-corrected chi connectivity index (χ0v) is 12.8. The number of non-ortho nitro benzene ring substituents is 1. The molecule has 0 atom stereocenters. The molecule has 2 aromatic carbocycles. The first kappa shape index (κ1) is 16.7. The molecule has 1 N–H and O–H groups in total. The molecule has 2 rings (SSSR count). The van der Waals surface area contributed by atoms with Gasteiger partial charge in [0.2, 0.25) is 0 Å². The molecule has 0 saturated heterocycles. The quantitative estimate of drug-likeness (QED) is 0.518. The number of hydrazone groups is 1. The van der Waals surface area contributed by atoms with E-state index in [-0.39, 0.29) is 21.8 Å². The Hall–Kier alpha value is -2.64. The molecule has 2 aromatic rings. The van der Waals surface area contributed by atoms with Gasteiger partial charge in [-0.15, -0.1) is 0 Å². The van der Waals surface area contributed by atoms with Gasteiger partial charge in [0, 0.05) is 17.2 Å². The fourth-order valence-corrected chi connectivity index (χ4v) is 2.14. The van der Waals surface area contributed by atoms with Crippen LogP contribution in [-0.2, 0) is 0 Å². The fraction of sp³-hybridized carbons (Fsp3) is 0. The Morgan fingerprint density at radius 2 is 1.96 bits per heavy atom. The van der Waals surface area contributed by atoms with E-state index in [0.29, 0.717) is 5.02 Å². The van der Waals surface area contributed by atoms with E-state index in [1.54, 1.807) is 0 Å². The van der Waals surface area contributed by atoms with Crippen LogP contribution >= 0.6 is 23.2 Å². The number of carbonyl (C=O) groups is 1. The predicted octanol–water partition coefficient (Wildman–Crippen LogP) is 2.74. The predicted molar refractivity (Wildman–Crippen MR) is 84.1 cm³/mol. The third-order valence-corrected chi connectivity index (χ3v) is 3.30. The summed E-state index contributed by atoms with van der Waals surface area (Å²) >= 11 is 11.6. The van der Waals surface area contributed by atoms with Crippen LogP contribution in [0.5, 0.6) is 5.75 Å². The van der Waals surface area contributed by atoms with E-state index in [1.807, 2.05) is 0 Å². The minimum absolute atomic E-state index is 0.0262. The maximum atomic E-state index is 11.9. The van der Waals surface area contributed by atoms with E-state index < -0.39 is 16.6 Å². The third-order valence-electron chi connectivity index (χ3n) is 2.75. The van der Waals surface area contributed by atoms with E-state index in [9.17, 15) is 20.0 Å². The zero-order chi connectivity index (χ0) is 17.0.